The first-order chi connectivity index (χ1) is 11.8. The van der Waals surface area contributed by atoms with Crippen molar-refractivity contribution in [2.24, 2.45) is 5.92 Å². The standard InChI is InChI=1S/C20H30N2O2/c23-20(17-24-19-7-3-1-4-8-19)22-15-10-18(11-16-22)9-14-21-12-5-2-6-13-21/h1,3-4,7-8,18H,2,5-6,9-17H2. The van der Waals surface area contributed by atoms with Crippen molar-refractivity contribution in [3.8, 4) is 5.75 Å². The summed E-state index contributed by atoms with van der Waals surface area (Å²) in [7, 11) is 0. The van der Waals surface area contributed by atoms with Crippen LogP contribution < -0.4 is 4.74 Å². The molecule has 4 heteroatoms. The van der Waals surface area contributed by atoms with Crippen LogP contribution in [0.2, 0.25) is 0 Å². The Morgan fingerprint density at radius 3 is 2.42 bits per heavy atom. The fourth-order valence-electron chi connectivity index (χ4n) is 3.77. The highest BCUT2D eigenvalue weighted by Gasteiger charge is 2.23. The van der Waals surface area contributed by atoms with Crippen LogP contribution in [0.4, 0.5) is 0 Å². The minimum Gasteiger partial charge on any atom is -0.484 e. The smallest absolute Gasteiger partial charge is 0.260 e. The zero-order chi connectivity index (χ0) is 16.6. The third-order valence-electron chi connectivity index (χ3n) is 5.38. The van der Waals surface area contributed by atoms with E-state index in [2.05, 4.69) is 4.90 Å². The van der Waals surface area contributed by atoms with Gasteiger partial charge in [0.25, 0.3) is 5.91 Å². The van der Waals surface area contributed by atoms with Crippen molar-refractivity contribution >= 4 is 5.91 Å². The van der Waals surface area contributed by atoms with Gasteiger partial charge < -0.3 is 14.5 Å². The van der Waals surface area contributed by atoms with E-state index in [1.54, 1.807) is 0 Å². The maximum absolute atomic E-state index is 12.3. The third kappa shape index (κ3) is 5.23. The number of amides is 1. The molecule has 0 saturated carbocycles. The van der Waals surface area contributed by atoms with Gasteiger partial charge in [0.15, 0.2) is 6.61 Å². The van der Waals surface area contributed by atoms with Crippen LogP contribution >= 0.6 is 0 Å². The second-order valence-corrected chi connectivity index (χ2v) is 7.12. The Bertz CT molecular complexity index is 492. The van der Waals surface area contributed by atoms with Gasteiger partial charge in [-0.1, -0.05) is 24.6 Å². The van der Waals surface area contributed by atoms with E-state index in [4.69, 9.17) is 4.74 Å². The molecule has 0 radical (unpaired) electrons. The van der Waals surface area contributed by atoms with Gasteiger partial charge in [0.1, 0.15) is 5.75 Å². The minimum absolute atomic E-state index is 0.119. The summed E-state index contributed by atoms with van der Waals surface area (Å²) in [5, 5.41) is 0. The Morgan fingerprint density at radius 1 is 1.00 bits per heavy atom. The first-order valence-corrected chi connectivity index (χ1v) is 9.49. The molecule has 0 N–H and O–H groups in total. The number of rotatable bonds is 6. The van der Waals surface area contributed by atoms with Crippen molar-refractivity contribution in [2.45, 2.75) is 38.5 Å². The number of piperidine rings is 2. The molecule has 0 aromatic heterocycles. The summed E-state index contributed by atoms with van der Waals surface area (Å²) < 4.78 is 5.58. The predicted octanol–water partition coefficient (Wildman–Crippen LogP) is 3.18. The lowest BCUT2D eigenvalue weighted by Crippen LogP contribution is -2.41. The average molecular weight is 330 g/mol. The number of hydrogen-bond donors (Lipinski definition) is 0. The molecule has 4 nitrogen and oxygen atoms in total. The molecule has 0 aliphatic carbocycles. The number of para-hydroxylation sites is 1. The number of likely N-dealkylation sites (tertiary alicyclic amines) is 2. The topological polar surface area (TPSA) is 32.8 Å². The Hall–Kier alpha value is -1.55. The van der Waals surface area contributed by atoms with Gasteiger partial charge in [0.2, 0.25) is 0 Å². The highest BCUT2D eigenvalue weighted by atomic mass is 16.5. The summed E-state index contributed by atoms with van der Waals surface area (Å²) in [5.41, 5.74) is 0. The molecule has 2 saturated heterocycles. The van der Waals surface area contributed by atoms with Gasteiger partial charge in [-0.25, -0.2) is 0 Å². The first-order valence-electron chi connectivity index (χ1n) is 9.49. The molecule has 2 aliphatic heterocycles. The molecular weight excluding hydrogens is 300 g/mol. The van der Waals surface area contributed by atoms with E-state index in [1.165, 1.54) is 45.3 Å². The molecule has 1 amide bonds. The Labute approximate surface area is 145 Å². The van der Waals surface area contributed by atoms with E-state index in [1.807, 2.05) is 35.2 Å². The molecule has 2 heterocycles. The predicted molar refractivity (Wildman–Crippen MR) is 96.1 cm³/mol. The minimum atomic E-state index is 0.119. The average Bonchev–Trinajstić information content (AvgIpc) is 2.66. The zero-order valence-electron chi connectivity index (χ0n) is 14.7. The largest absolute Gasteiger partial charge is 0.484 e. The summed E-state index contributed by atoms with van der Waals surface area (Å²) in [5.74, 6) is 1.67. The lowest BCUT2D eigenvalue weighted by molar-refractivity contribution is -0.134. The molecule has 1 aromatic carbocycles. The first kappa shape index (κ1) is 17.3. The molecule has 24 heavy (non-hydrogen) atoms. The maximum atomic E-state index is 12.3. The van der Waals surface area contributed by atoms with Crippen molar-refractivity contribution in [3.05, 3.63) is 30.3 Å². The van der Waals surface area contributed by atoms with E-state index < -0.39 is 0 Å². The van der Waals surface area contributed by atoms with Gasteiger partial charge in [-0.15, -0.1) is 0 Å². The lowest BCUT2D eigenvalue weighted by atomic mass is 9.93. The van der Waals surface area contributed by atoms with Gasteiger partial charge in [-0.3, -0.25) is 4.79 Å². The number of nitrogens with zero attached hydrogens (tertiary/aromatic N) is 2. The second kappa shape index (κ2) is 9.07. The molecule has 0 unspecified atom stereocenters. The van der Waals surface area contributed by atoms with Crippen LogP contribution in [0, 0.1) is 5.92 Å². The van der Waals surface area contributed by atoms with Crippen LogP contribution in [0.3, 0.4) is 0 Å². The van der Waals surface area contributed by atoms with Crippen LogP contribution in [0.1, 0.15) is 38.5 Å². The van der Waals surface area contributed by atoms with E-state index in [0.29, 0.717) is 0 Å². The third-order valence-corrected chi connectivity index (χ3v) is 5.38. The van der Waals surface area contributed by atoms with Crippen molar-refractivity contribution in [2.75, 3.05) is 39.3 Å². The van der Waals surface area contributed by atoms with Gasteiger partial charge in [-0.05, 0) is 69.8 Å². The van der Waals surface area contributed by atoms with Crippen LogP contribution in [0.5, 0.6) is 5.75 Å². The molecule has 1 aromatic rings. The number of benzene rings is 1. The number of carbonyl (C=O) groups is 1. The van der Waals surface area contributed by atoms with Crippen LogP contribution in [-0.4, -0.2) is 55.0 Å². The monoisotopic (exact) mass is 330 g/mol. The molecule has 0 spiro atoms. The van der Waals surface area contributed by atoms with Crippen LogP contribution in [0.25, 0.3) is 0 Å². The Kier molecular flexibility index (Phi) is 6.53. The summed E-state index contributed by atoms with van der Waals surface area (Å²) in [6, 6.07) is 9.57. The SMILES string of the molecule is O=C(COc1ccccc1)N1CCC(CCN2CCCCC2)CC1. The van der Waals surface area contributed by atoms with E-state index in [9.17, 15) is 4.79 Å². The zero-order valence-corrected chi connectivity index (χ0v) is 14.7. The van der Waals surface area contributed by atoms with Crippen molar-refractivity contribution in [1.29, 1.82) is 0 Å². The van der Waals surface area contributed by atoms with Crippen molar-refractivity contribution in [1.82, 2.24) is 9.80 Å². The van der Waals surface area contributed by atoms with Crippen molar-refractivity contribution < 1.29 is 9.53 Å². The molecule has 0 atom stereocenters. The van der Waals surface area contributed by atoms with Gasteiger partial charge in [-0.2, -0.15) is 0 Å². The van der Waals surface area contributed by atoms with Gasteiger partial charge in [0, 0.05) is 13.1 Å². The highest BCUT2D eigenvalue weighted by Crippen LogP contribution is 2.22. The van der Waals surface area contributed by atoms with E-state index >= 15 is 0 Å². The summed E-state index contributed by atoms with van der Waals surface area (Å²) in [6.45, 7) is 5.75. The number of ether oxygens (including phenoxy) is 1. The molecular formula is C20H30N2O2. The quantitative estimate of drug-likeness (QED) is 0.803. The second-order valence-electron chi connectivity index (χ2n) is 7.12. The Balaban J connectivity index is 1.33. The summed E-state index contributed by atoms with van der Waals surface area (Å²) in [4.78, 5) is 16.9. The van der Waals surface area contributed by atoms with E-state index in [0.717, 1.165) is 37.6 Å². The van der Waals surface area contributed by atoms with Gasteiger partial charge >= 0.3 is 0 Å². The Morgan fingerprint density at radius 2 is 1.71 bits per heavy atom. The normalized spacial score (nSPS) is 20.1. The van der Waals surface area contributed by atoms with Crippen molar-refractivity contribution in [3.63, 3.8) is 0 Å². The maximum Gasteiger partial charge on any atom is 0.260 e. The molecule has 2 fully saturated rings. The van der Waals surface area contributed by atoms with Crippen LogP contribution in [0.15, 0.2) is 30.3 Å². The number of hydrogen-bond acceptors (Lipinski definition) is 3. The summed E-state index contributed by atoms with van der Waals surface area (Å²) in [6.07, 6.45) is 7.73. The molecule has 2 aliphatic rings. The summed E-state index contributed by atoms with van der Waals surface area (Å²) >= 11 is 0. The molecule has 3 rings (SSSR count). The van der Waals surface area contributed by atoms with E-state index in [-0.39, 0.29) is 12.5 Å². The van der Waals surface area contributed by atoms with Crippen LogP contribution in [-0.2, 0) is 4.79 Å². The highest BCUT2D eigenvalue weighted by molar-refractivity contribution is 5.77. The molecule has 0 bridgehead atoms. The number of carbonyl (C=O) groups excluding carboxylic acids is 1. The fourth-order valence-corrected chi connectivity index (χ4v) is 3.77. The van der Waals surface area contributed by atoms with Gasteiger partial charge in [0.05, 0.1) is 0 Å². The lowest BCUT2D eigenvalue weighted by Gasteiger charge is -2.34. The molecule has 132 valence electrons. The fraction of sp³-hybridized carbons (Fsp3) is 0.650.